The molecule has 0 spiro atoms. The van der Waals surface area contributed by atoms with Crippen molar-refractivity contribution in [1.29, 1.82) is 0 Å². The topological polar surface area (TPSA) is 34.5 Å². The number of carbonyl (C=O) groups is 1. The van der Waals surface area contributed by atoms with E-state index in [4.69, 9.17) is 51.1 Å². The SMILES string of the molecule is CCCCCCn1c(C)c(C2(c3ccc(N(CC)CC)cc3C)OC(=O)c3c(Cl)c(Cl)c(Cl)c(Cl)c32)c2ccccc21. The maximum Gasteiger partial charge on any atom is 0.341 e. The summed E-state index contributed by atoms with van der Waals surface area (Å²) in [6, 6.07) is 14.5. The van der Waals surface area contributed by atoms with Gasteiger partial charge in [-0.2, -0.15) is 0 Å². The highest BCUT2D eigenvalue weighted by atomic mass is 35.5. The first-order valence-corrected chi connectivity index (χ1v) is 16.2. The summed E-state index contributed by atoms with van der Waals surface area (Å²) in [5.41, 5.74) is 4.97. The van der Waals surface area contributed by atoms with Crippen molar-refractivity contribution in [1.82, 2.24) is 4.57 Å². The summed E-state index contributed by atoms with van der Waals surface area (Å²) in [5.74, 6) is -0.582. The van der Waals surface area contributed by atoms with Crippen LogP contribution in [0.1, 0.15) is 84.8 Å². The number of benzene rings is 3. The van der Waals surface area contributed by atoms with Crippen molar-refractivity contribution in [3.63, 3.8) is 0 Å². The van der Waals surface area contributed by atoms with Crippen LogP contribution in [0.25, 0.3) is 10.9 Å². The zero-order valence-corrected chi connectivity index (χ0v) is 27.7. The highest BCUT2D eigenvalue weighted by Crippen LogP contribution is 2.58. The summed E-state index contributed by atoms with van der Waals surface area (Å²) < 4.78 is 8.92. The minimum absolute atomic E-state index is 0.0403. The van der Waals surface area contributed by atoms with Crippen molar-refractivity contribution in [3.05, 3.63) is 96.1 Å². The minimum atomic E-state index is -1.40. The van der Waals surface area contributed by atoms with Gasteiger partial charge in [-0.05, 0) is 57.9 Å². The molecular formula is C34H36Cl4N2O2. The largest absolute Gasteiger partial charge is 0.440 e. The van der Waals surface area contributed by atoms with Gasteiger partial charge in [-0.1, -0.05) is 96.9 Å². The Labute approximate surface area is 268 Å². The lowest BCUT2D eigenvalue weighted by molar-refractivity contribution is 0.0252. The second kappa shape index (κ2) is 12.3. The van der Waals surface area contributed by atoms with Crippen molar-refractivity contribution in [2.24, 2.45) is 0 Å². The summed E-state index contributed by atoms with van der Waals surface area (Å²) in [5, 5.41) is 1.34. The highest BCUT2D eigenvalue weighted by Gasteiger charge is 2.55. The number of ether oxygens (including phenoxy) is 1. The zero-order chi connectivity index (χ0) is 30.3. The monoisotopic (exact) mass is 644 g/mol. The molecule has 4 aromatic rings. The fourth-order valence-electron chi connectivity index (χ4n) is 6.58. The van der Waals surface area contributed by atoms with Crippen molar-refractivity contribution >= 4 is 69.0 Å². The van der Waals surface area contributed by atoms with Gasteiger partial charge in [0.05, 0.1) is 25.7 Å². The first kappa shape index (κ1) is 31.1. The number of aromatic nitrogens is 1. The van der Waals surface area contributed by atoms with Crippen LogP contribution in [0.2, 0.25) is 20.1 Å². The van der Waals surface area contributed by atoms with Crippen LogP contribution in [-0.4, -0.2) is 23.6 Å². The number of anilines is 1. The fourth-order valence-corrected chi connectivity index (χ4v) is 7.65. The standard InChI is InChI=1S/C34H36Cl4N2O2/c1-6-9-10-13-18-40-21(5)27(23-14-11-12-15-25(23)40)34(24-17-16-22(19-20(24)4)39(7-2)8-3)28-26(33(41)42-34)29(35)31(37)32(38)30(28)36/h11-12,14-17,19H,6-10,13,18H2,1-5H3. The molecule has 1 unspecified atom stereocenters. The van der Waals surface area contributed by atoms with Gasteiger partial charge in [-0.25, -0.2) is 4.79 Å². The highest BCUT2D eigenvalue weighted by molar-refractivity contribution is 6.53. The van der Waals surface area contributed by atoms with E-state index in [1.165, 1.54) is 6.42 Å². The lowest BCUT2D eigenvalue weighted by Crippen LogP contribution is -2.32. The number of cyclic esters (lactones) is 1. The van der Waals surface area contributed by atoms with Crippen LogP contribution in [0.3, 0.4) is 0 Å². The number of esters is 1. The third-order valence-corrected chi connectivity index (χ3v) is 10.4. The zero-order valence-electron chi connectivity index (χ0n) is 24.7. The molecule has 0 bridgehead atoms. The Kier molecular flexibility index (Phi) is 9.11. The number of aryl methyl sites for hydroxylation is 2. The Morgan fingerprint density at radius 3 is 2.19 bits per heavy atom. The smallest absolute Gasteiger partial charge is 0.341 e. The first-order valence-electron chi connectivity index (χ1n) is 14.7. The van der Waals surface area contributed by atoms with Gasteiger partial charge in [-0.3, -0.25) is 0 Å². The van der Waals surface area contributed by atoms with Gasteiger partial charge in [-0.15, -0.1) is 0 Å². The van der Waals surface area contributed by atoms with Crippen LogP contribution in [0.5, 0.6) is 0 Å². The maximum absolute atomic E-state index is 13.9. The van der Waals surface area contributed by atoms with E-state index in [2.05, 4.69) is 61.4 Å². The predicted molar refractivity (Wildman–Crippen MR) is 177 cm³/mol. The van der Waals surface area contributed by atoms with Crippen LogP contribution in [-0.2, 0) is 16.9 Å². The van der Waals surface area contributed by atoms with Gasteiger partial charge in [0.1, 0.15) is 0 Å². The molecule has 0 aliphatic carbocycles. The molecule has 5 rings (SSSR count). The van der Waals surface area contributed by atoms with Gasteiger partial charge in [0.2, 0.25) is 0 Å². The number of unbranched alkanes of at least 4 members (excludes halogenated alkanes) is 3. The van der Waals surface area contributed by atoms with E-state index in [0.717, 1.165) is 77.9 Å². The molecule has 3 aromatic carbocycles. The summed E-state index contributed by atoms with van der Waals surface area (Å²) in [4.78, 5) is 16.1. The molecule has 4 nitrogen and oxygen atoms in total. The Balaban J connectivity index is 1.89. The number of hydrogen-bond acceptors (Lipinski definition) is 3. The second-order valence-corrected chi connectivity index (χ2v) is 12.4. The molecule has 1 atom stereocenters. The number of nitrogens with zero attached hydrogens (tertiary/aromatic N) is 2. The average Bonchev–Trinajstić information content (AvgIpc) is 3.44. The third kappa shape index (κ3) is 4.79. The van der Waals surface area contributed by atoms with Crippen molar-refractivity contribution in [3.8, 4) is 0 Å². The van der Waals surface area contributed by atoms with E-state index in [1.54, 1.807) is 0 Å². The molecule has 1 aromatic heterocycles. The van der Waals surface area contributed by atoms with E-state index in [-0.39, 0.29) is 25.7 Å². The third-order valence-electron chi connectivity index (χ3n) is 8.61. The number of carbonyl (C=O) groups excluding carboxylic acids is 1. The molecule has 0 fully saturated rings. The molecule has 0 radical (unpaired) electrons. The molecular weight excluding hydrogens is 610 g/mol. The number of hydrogen-bond donors (Lipinski definition) is 0. The average molecular weight is 646 g/mol. The van der Waals surface area contributed by atoms with Crippen molar-refractivity contribution < 1.29 is 9.53 Å². The van der Waals surface area contributed by atoms with E-state index >= 15 is 0 Å². The fraction of sp³-hybridized carbons (Fsp3) is 0.382. The minimum Gasteiger partial charge on any atom is -0.440 e. The predicted octanol–water partition coefficient (Wildman–Crippen LogP) is 10.8. The summed E-state index contributed by atoms with van der Waals surface area (Å²) >= 11 is 27.0. The van der Waals surface area contributed by atoms with E-state index in [1.807, 2.05) is 25.1 Å². The lowest BCUT2D eigenvalue weighted by atomic mass is 9.76. The molecule has 222 valence electrons. The van der Waals surface area contributed by atoms with Gasteiger partial charge >= 0.3 is 5.97 Å². The first-order chi connectivity index (χ1) is 20.1. The second-order valence-electron chi connectivity index (χ2n) is 10.9. The van der Waals surface area contributed by atoms with Gasteiger partial charge in [0.15, 0.2) is 5.60 Å². The van der Waals surface area contributed by atoms with Gasteiger partial charge in [0, 0.05) is 58.6 Å². The Morgan fingerprint density at radius 1 is 0.833 bits per heavy atom. The van der Waals surface area contributed by atoms with E-state index in [9.17, 15) is 4.79 Å². The molecule has 0 N–H and O–H groups in total. The molecule has 0 saturated carbocycles. The number of fused-ring (bicyclic) bond motifs is 2. The Morgan fingerprint density at radius 2 is 1.52 bits per heavy atom. The van der Waals surface area contributed by atoms with Crippen molar-refractivity contribution in [2.75, 3.05) is 18.0 Å². The molecule has 0 saturated heterocycles. The molecule has 42 heavy (non-hydrogen) atoms. The van der Waals surface area contributed by atoms with Crippen LogP contribution in [0, 0.1) is 13.8 Å². The van der Waals surface area contributed by atoms with E-state index in [0.29, 0.717) is 5.56 Å². The van der Waals surface area contributed by atoms with Crippen LogP contribution in [0.4, 0.5) is 5.69 Å². The number of para-hydroxylation sites is 1. The molecule has 1 aliphatic heterocycles. The summed E-state index contributed by atoms with van der Waals surface area (Å²) in [6.45, 7) is 13.2. The Hall–Kier alpha value is -2.37. The number of halogens is 4. The van der Waals surface area contributed by atoms with Crippen molar-refractivity contribution in [2.45, 2.75) is 72.4 Å². The molecule has 1 aliphatic rings. The maximum atomic E-state index is 13.9. The molecule has 2 heterocycles. The Bertz CT molecular complexity index is 1670. The normalized spacial score (nSPS) is 16.3. The van der Waals surface area contributed by atoms with Gasteiger partial charge in [0.25, 0.3) is 0 Å². The van der Waals surface area contributed by atoms with Crippen LogP contribution < -0.4 is 4.90 Å². The quantitative estimate of drug-likeness (QED) is 0.0744. The van der Waals surface area contributed by atoms with Gasteiger partial charge < -0.3 is 14.2 Å². The summed E-state index contributed by atoms with van der Waals surface area (Å²) in [7, 11) is 0. The molecule has 0 amide bonds. The van der Waals surface area contributed by atoms with E-state index < -0.39 is 11.6 Å². The van der Waals surface area contributed by atoms with Crippen LogP contribution in [0.15, 0.2) is 42.5 Å². The lowest BCUT2D eigenvalue weighted by Gasteiger charge is -2.34. The summed E-state index contributed by atoms with van der Waals surface area (Å²) in [6.07, 6.45) is 4.54. The van der Waals surface area contributed by atoms with Crippen LogP contribution >= 0.6 is 46.4 Å². The number of rotatable bonds is 10. The molecule has 8 heteroatoms.